The third kappa shape index (κ3) is 0.781. The monoisotopic (exact) mass is 111 g/mol. The summed E-state index contributed by atoms with van der Waals surface area (Å²) in [6.07, 6.45) is 3.48. The second-order valence-corrected chi connectivity index (χ2v) is 2.83. The molecule has 1 aliphatic carbocycles. The van der Waals surface area contributed by atoms with E-state index in [0.29, 0.717) is 5.54 Å². The Labute approximate surface area is 50.8 Å². The van der Waals surface area contributed by atoms with Crippen molar-refractivity contribution >= 4 is 0 Å². The van der Waals surface area contributed by atoms with Crippen molar-refractivity contribution in [3.05, 3.63) is 11.6 Å². The van der Waals surface area contributed by atoms with Gasteiger partial charge < -0.3 is 5.32 Å². The summed E-state index contributed by atoms with van der Waals surface area (Å²) in [5.74, 6) is 0. The highest BCUT2D eigenvalue weighted by Crippen LogP contribution is 2.28. The molecule has 1 atom stereocenters. The third-order valence-corrected chi connectivity index (χ3v) is 1.78. The van der Waals surface area contributed by atoms with Gasteiger partial charge in [-0.2, -0.15) is 0 Å². The van der Waals surface area contributed by atoms with Gasteiger partial charge in [-0.1, -0.05) is 11.6 Å². The third-order valence-electron chi connectivity index (χ3n) is 1.78. The number of rotatable bonds is 1. The maximum Gasteiger partial charge on any atom is 0.0373 e. The van der Waals surface area contributed by atoms with Crippen molar-refractivity contribution in [3.8, 4) is 0 Å². The lowest BCUT2D eigenvalue weighted by Gasteiger charge is -2.34. The fourth-order valence-corrected chi connectivity index (χ4v) is 1.25. The molecule has 1 nitrogen and oxygen atoms in total. The Bertz CT molecular complexity index is 126. The fourth-order valence-electron chi connectivity index (χ4n) is 1.25. The van der Waals surface area contributed by atoms with Gasteiger partial charge in [0.1, 0.15) is 0 Å². The minimum absolute atomic E-state index is 0.323. The minimum Gasteiger partial charge on any atom is -0.311 e. The van der Waals surface area contributed by atoms with Gasteiger partial charge in [-0.25, -0.2) is 0 Å². The fraction of sp³-hybridized carbons (Fsp3) is 0.714. The molecule has 1 aliphatic rings. The lowest BCUT2D eigenvalue weighted by molar-refractivity contribution is 0.428. The maximum absolute atomic E-state index is 3.23. The first kappa shape index (κ1) is 5.83. The molecule has 1 heteroatoms. The van der Waals surface area contributed by atoms with Crippen LogP contribution in [0.5, 0.6) is 0 Å². The number of nitrogens with one attached hydrogen (secondary N) is 1. The van der Waals surface area contributed by atoms with Crippen LogP contribution in [0, 0.1) is 0 Å². The van der Waals surface area contributed by atoms with E-state index < -0.39 is 0 Å². The SMILES string of the molecule is CNC1(C)C=C(C)C1. The quantitative estimate of drug-likeness (QED) is 0.503. The zero-order valence-electron chi connectivity index (χ0n) is 5.78. The summed E-state index contributed by atoms with van der Waals surface area (Å²) in [7, 11) is 2.00. The molecule has 1 rings (SSSR count). The van der Waals surface area contributed by atoms with Gasteiger partial charge in [0.25, 0.3) is 0 Å². The smallest absolute Gasteiger partial charge is 0.0373 e. The Morgan fingerprint density at radius 2 is 2.25 bits per heavy atom. The molecule has 0 fully saturated rings. The van der Waals surface area contributed by atoms with Crippen molar-refractivity contribution in [3.63, 3.8) is 0 Å². The summed E-state index contributed by atoms with van der Waals surface area (Å²) in [5, 5.41) is 3.23. The molecule has 0 amide bonds. The van der Waals surface area contributed by atoms with Gasteiger partial charge in [-0.3, -0.25) is 0 Å². The first-order valence-corrected chi connectivity index (χ1v) is 3.03. The second-order valence-electron chi connectivity index (χ2n) is 2.83. The lowest BCUT2D eigenvalue weighted by atomic mass is 9.81. The first-order valence-electron chi connectivity index (χ1n) is 3.03. The van der Waals surface area contributed by atoms with Gasteiger partial charge in [-0.05, 0) is 27.3 Å². The van der Waals surface area contributed by atoms with E-state index in [1.807, 2.05) is 7.05 Å². The van der Waals surface area contributed by atoms with E-state index in [1.54, 1.807) is 0 Å². The van der Waals surface area contributed by atoms with Crippen LogP contribution in [0.3, 0.4) is 0 Å². The molecule has 0 aliphatic heterocycles. The van der Waals surface area contributed by atoms with Crippen LogP contribution in [0.15, 0.2) is 11.6 Å². The highest BCUT2D eigenvalue weighted by molar-refractivity contribution is 5.25. The number of hydrogen-bond donors (Lipinski definition) is 1. The van der Waals surface area contributed by atoms with Gasteiger partial charge in [-0.15, -0.1) is 0 Å². The molecule has 0 aromatic carbocycles. The second kappa shape index (κ2) is 1.59. The Morgan fingerprint density at radius 3 is 2.38 bits per heavy atom. The van der Waals surface area contributed by atoms with Gasteiger partial charge in [0.05, 0.1) is 0 Å². The molecule has 0 radical (unpaired) electrons. The van der Waals surface area contributed by atoms with E-state index in [9.17, 15) is 0 Å². The summed E-state index contributed by atoms with van der Waals surface area (Å²) < 4.78 is 0. The number of likely N-dealkylation sites (N-methyl/N-ethyl adjacent to an activating group) is 1. The summed E-state index contributed by atoms with van der Waals surface area (Å²) in [6.45, 7) is 4.37. The van der Waals surface area contributed by atoms with Gasteiger partial charge in [0, 0.05) is 5.54 Å². The van der Waals surface area contributed by atoms with Crippen molar-refractivity contribution in [2.24, 2.45) is 0 Å². The van der Waals surface area contributed by atoms with Crippen molar-refractivity contribution in [1.29, 1.82) is 0 Å². The highest BCUT2D eigenvalue weighted by Gasteiger charge is 2.26. The average Bonchev–Trinajstić information content (AvgIpc) is 1.63. The molecule has 1 N–H and O–H groups in total. The molecule has 0 saturated heterocycles. The zero-order valence-corrected chi connectivity index (χ0v) is 5.78. The summed E-state index contributed by atoms with van der Waals surface area (Å²) in [4.78, 5) is 0. The van der Waals surface area contributed by atoms with Crippen LogP contribution in [0.1, 0.15) is 20.3 Å². The molecule has 0 heterocycles. The zero-order chi connectivity index (χ0) is 6.20. The average molecular weight is 111 g/mol. The molecular weight excluding hydrogens is 98.1 g/mol. The van der Waals surface area contributed by atoms with Crippen LogP contribution in [0.4, 0.5) is 0 Å². The molecule has 0 spiro atoms. The Morgan fingerprint density at radius 1 is 1.75 bits per heavy atom. The van der Waals surface area contributed by atoms with E-state index >= 15 is 0 Å². The molecule has 8 heavy (non-hydrogen) atoms. The largest absolute Gasteiger partial charge is 0.311 e. The predicted octanol–water partition coefficient (Wildman–Crippen LogP) is 1.31. The molecule has 0 saturated carbocycles. The van der Waals surface area contributed by atoms with Crippen LogP contribution in [0.2, 0.25) is 0 Å². The summed E-state index contributed by atoms with van der Waals surface area (Å²) in [5.41, 5.74) is 1.83. The Balaban J connectivity index is 2.54. The van der Waals surface area contributed by atoms with E-state index in [0.717, 1.165) is 0 Å². The first-order chi connectivity index (χ1) is 3.66. The van der Waals surface area contributed by atoms with Crippen LogP contribution in [-0.4, -0.2) is 12.6 Å². The minimum atomic E-state index is 0.323. The van der Waals surface area contributed by atoms with Crippen molar-refractivity contribution in [2.75, 3.05) is 7.05 Å². The van der Waals surface area contributed by atoms with Crippen LogP contribution >= 0.6 is 0 Å². The van der Waals surface area contributed by atoms with E-state index in [-0.39, 0.29) is 0 Å². The highest BCUT2D eigenvalue weighted by atomic mass is 14.9. The molecule has 0 bridgehead atoms. The maximum atomic E-state index is 3.23. The summed E-state index contributed by atoms with van der Waals surface area (Å²) >= 11 is 0. The van der Waals surface area contributed by atoms with Crippen molar-refractivity contribution < 1.29 is 0 Å². The molecule has 0 aromatic rings. The summed E-state index contributed by atoms with van der Waals surface area (Å²) in [6, 6.07) is 0. The van der Waals surface area contributed by atoms with Crippen molar-refractivity contribution in [1.82, 2.24) is 5.32 Å². The molecule has 1 unspecified atom stereocenters. The Kier molecular flexibility index (Phi) is 1.16. The van der Waals surface area contributed by atoms with E-state index in [2.05, 4.69) is 25.2 Å². The van der Waals surface area contributed by atoms with Crippen molar-refractivity contribution in [2.45, 2.75) is 25.8 Å². The van der Waals surface area contributed by atoms with E-state index in [4.69, 9.17) is 0 Å². The van der Waals surface area contributed by atoms with Crippen LogP contribution < -0.4 is 5.32 Å². The van der Waals surface area contributed by atoms with Crippen LogP contribution in [-0.2, 0) is 0 Å². The standard InChI is InChI=1S/C7H13N/c1-6-4-7(2,5-6)8-3/h4,8H,5H2,1-3H3. The molecule has 46 valence electrons. The van der Waals surface area contributed by atoms with Gasteiger partial charge >= 0.3 is 0 Å². The van der Waals surface area contributed by atoms with E-state index in [1.165, 1.54) is 12.0 Å². The topological polar surface area (TPSA) is 12.0 Å². The number of hydrogen-bond acceptors (Lipinski definition) is 1. The Hall–Kier alpha value is -0.300. The van der Waals surface area contributed by atoms with Gasteiger partial charge in [0.2, 0.25) is 0 Å². The lowest BCUT2D eigenvalue weighted by Crippen LogP contribution is -2.43. The normalized spacial score (nSPS) is 36.1. The predicted molar refractivity (Wildman–Crippen MR) is 35.8 cm³/mol. The molecular formula is C7H13N. The van der Waals surface area contributed by atoms with Gasteiger partial charge in [0.15, 0.2) is 0 Å². The molecule has 0 aromatic heterocycles. The van der Waals surface area contributed by atoms with Crippen LogP contribution in [0.25, 0.3) is 0 Å².